The molecule has 0 aliphatic carbocycles. The third-order valence-corrected chi connectivity index (χ3v) is 4.84. The lowest BCUT2D eigenvalue weighted by Gasteiger charge is -2.24. The molecule has 0 radical (unpaired) electrons. The van der Waals surface area contributed by atoms with E-state index in [-0.39, 0.29) is 12.3 Å². The number of carboxylic acids is 1. The van der Waals surface area contributed by atoms with Crippen molar-refractivity contribution in [3.8, 4) is 0 Å². The van der Waals surface area contributed by atoms with Crippen molar-refractivity contribution in [2.24, 2.45) is 11.7 Å². The Bertz CT molecular complexity index is 892. The van der Waals surface area contributed by atoms with E-state index in [4.69, 9.17) is 5.73 Å². The average molecular weight is 418 g/mol. The first-order chi connectivity index (χ1) is 14.1. The summed E-state index contributed by atoms with van der Waals surface area (Å²) in [6, 6.07) is 4.16. The first kappa shape index (κ1) is 23.4. The van der Waals surface area contributed by atoms with E-state index in [0.717, 1.165) is 16.5 Å². The van der Waals surface area contributed by atoms with Crippen LogP contribution in [0.5, 0.6) is 0 Å². The van der Waals surface area contributed by atoms with Crippen molar-refractivity contribution in [3.63, 3.8) is 0 Å². The number of aliphatic hydroxyl groups is 1. The van der Waals surface area contributed by atoms with Crippen LogP contribution in [0.1, 0.15) is 32.8 Å². The summed E-state index contributed by atoms with van der Waals surface area (Å²) in [5.74, 6) is -2.38. The highest BCUT2D eigenvalue weighted by molar-refractivity contribution is 5.93. The summed E-state index contributed by atoms with van der Waals surface area (Å²) < 4.78 is 0. The van der Waals surface area contributed by atoms with E-state index in [1.807, 2.05) is 38.1 Å². The van der Waals surface area contributed by atoms with Gasteiger partial charge in [0.25, 0.3) is 0 Å². The molecule has 9 nitrogen and oxygen atoms in total. The Kier molecular flexibility index (Phi) is 7.96. The van der Waals surface area contributed by atoms with Crippen molar-refractivity contribution in [1.29, 1.82) is 0 Å². The number of carbonyl (C=O) groups is 3. The van der Waals surface area contributed by atoms with Crippen LogP contribution >= 0.6 is 0 Å². The van der Waals surface area contributed by atoms with E-state index in [1.165, 1.54) is 6.92 Å². The number of carbonyl (C=O) groups excluding carboxylic acids is 2. The van der Waals surface area contributed by atoms with Crippen LogP contribution < -0.4 is 16.4 Å². The molecular weight excluding hydrogens is 388 g/mol. The second-order valence-electron chi connectivity index (χ2n) is 7.93. The van der Waals surface area contributed by atoms with Gasteiger partial charge in [-0.05, 0) is 30.9 Å². The van der Waals surface area contributed by atoms with Crippen LogP contribution in [-0.4, -0.2) is 57.2 Å². The second kappa shape index (κ2) is 10.2. The van der Waals surface area contributed by atoms with Crippen molar-refractivity contribution in [2.45, 2.75) is 57.8 Å². The predicted octanol–water partition coefficient (Wildman–Crippen LogP) is 0.519. The summed E-state index contributed by atoms with van der Waals surface area (Å²) in [6.45, 7) is 5.14. The maximum atomic E-state index is 12.9. The van der Waals surface area contributed by atoms with E-state index in [0.29, 0.717) is 6.42 Å². The van der Waals surface area contributed by atoms with Gasteiger partial charge in [0.1, 0.15) is 6.04 Å². The Labute approximate surface area is 175 Å². The number of aliphatic hydroxyl groups excluding tert-OH is 1. The van der Waals surface area contributed by atoms with Crippen molar-refractivity contribution < 1.29 is 24.6 Å². The molecule has 0 aliphatic rings. The molecule has 0 saturated carbocycles. The maximum absolute atomic E-state index is 12.9. The third kappa shape index (κ3) is 6.04. The number of nitrogens with one attached hydrogen (secondary N) is 3. The van der Waals surface area contributed by atoms with E-state index in [9.17, 15) is 24.6 Å². The van der Waals surface area contributed by atoms with Crippen LogP contribution in [-0.2, 0) is 20.8 Å². The van der Waals surface area contributed by atoms with Crippen molar-refractivity contribution in [3.05, 3.63) is 36.0 Å². The van der Waals surface area contributed by atoms with Gasteiger partial charge in [-0.1, -0.05) is 32.0 Å². The molecular formula is C21H30N4O5. The number of para-hydroxylation sites is 1. The Morgan fingerprint density at radius 1 is 1.10 bits per heavy atom. The molecule has 2 rings (SSSR count). The molecule has 0 aliphatic heterocycles. The van der Waals surface area contributed by atoms with Crippen LogP contribution in [0.15, 0.2) is 30.5 Å². The quantitative estimate of drug-likeness (QED) is 0.330. The summed E-state index contributed by atoms with van der Waals surface area (Å²) in [6.07, 6.45) is 1.01. The largest absolute Gasteiger partial charge is 0.480 e. The highest BCUT2D eigenvalue weighted by Crippen LogP contribution is 2.19. The smallest absolute Gasteiger partial charge is 0.328 e. The minimum absolute atomic E-state index is 0.127. The number of benzene rings is 1. The van der Waals surface area contributed by atoms with E-state index in [2.05, 4.69) is 15.6 Å². The number of fused-ring (bicyclic) bond motifs is 1. The fourth-order valence-electron chi connectivity index (χ4n) is 3.27. The van der Waals surface area contributed by atoms with Crippen LogP contribution in [0.25, 0.3) is 10.9 Å². The lowest BCUT2D eigenvalue weighted by atomic mass is 10.0. The Hall–Kier alpha value is -2.91. The summed E-state index contributed by atoms with van der Waals surface area (Å²) in [5, 5.41) is 24.8. The Morgan fingerprint density at radius 2 is 1.77 bits per heavy atom. The number of hydrogen-bond acceptors (Lipinski definition) is 5. The highest BCUT2D eigenvalue weighted by Gasteiger charge is 2.31. The zero-order chi connectivity index (χ0) is 22.4. The molecule has 1 heterocycles. The molecule has 0 bridgehead atoms. The number of rotatable bonds is 10. The average Bonchev–Trinajstić information content (AvgIpc) is 3.07. The molecule has 2 amide bonds. The topological polar surface area (TPSA) is 158 Å². The van der Waals surface area contributed by atoms with E-state index >= 15 is 0 Å². The van der Waals surface area contributed by atoms with E-state index < -0.39 is 42.0 Å². The molecule has 0 spiro atoms. The lowest BCUT2D eigenvalue weighted by molar-refractivity contribution is -0.145. The minimum atomic E-state index is -1.50. The molecule has 7 N–H and O–H groups in total. The number of H-pyrrole nitrogens is 1. The van der Waals surface area contributed by atoms with E-state index in [1.54, 1.807) is 6.20 Å². The molecule has 1 aromatic carbocycles. The number of aliphatic carboxylic acids is 1. The number of nitrogens with two attached hydrogens (primary N) is 1. The van der Waals surface area contributed by atoms with Crippen LogP contribution in [0, 0.1) is 5.92 Å². The van der Waals surface area contributed by atoms with Gasteiger partial charge < -0.3 is 31.6 Å². The van der Waals surface area contributed by atoms with Gasteiger partial charge in [-0.2, -0.15) is 0 Å². The van der Waals surface area contributed by atoms with Crippen molar-refractivity contribution >= 4 is 28.7 Å². The third-order valence-electron chi connectivity index (χ3n) is 4.84. The van der Waals surface area contributed by atoms with Crippen LogP contribution in [0.3, 0.4) is 0 Å². The first-order valence-corrected chi connectivity index (χ1v) is 9.92. The van der Waals surface area contributed by atoms with Gasteiger partial charge in [0.15, 0.2) is 6.04 Å². The highest BCUT2D eigenvalue weighted by atomic mass is 16.4. The van der Waals surface area contributed by atoms with Gasteiger partial charge in [0, 0.05) is 23.5 Å². The Morgan fingerprint density at radius 3 is 2.37 bits per heavy atom. The molecule has 9 heteroatoms. The van der Waals surface area contributed by atoms with Crippen molar-refractivity contribution in [2.75, 3.05) is 0 Å². The summed E-state index contributed by atoms with van der Waals surface area (Å²) in [5.41, 5.74) is 7.61. The fourth-order valence-corrected chi connectivity index (χ4v) is 3.27. The molecule has 0 unspecified atom stereocenters. The lowest BCUT2D eigenvalue weighted by Crippen LogP contribution is -2.57. The second-order valence-corrected chi connectivity index (χ2v) is 7.93. The monoisotopic (exact) mass is 418 g/mol. The zero-order valence-electron chi connectivity index (χ0n) is 17.4. The first-order valence-electron chi connectivity index (χ1n) is 9.92. The maximum Gasteiger partial charge on any atom is 0.328 e. The van der Waals surface area contributed by atoms with Crippen LogP contribution in [0.4, 0.5) is 0 Å². The minimum Gasteiger partial charge on any atom is -0.480 e. The number of aromatic amines is 1. The molecule has 0 fully saturated rings. The van der Waals surface area contributed by atoms with Crippen molar-refractivity contribution in [1.82, 2.24) is 15.6 Å². The number of aromatic nitrogens is 1. The van der Waals surface area contributed by atoms with Gasteiger partial charge in [0.2, 0.25) is 11.8 Å². The summed E-state index contributed by atoms with van der Waals surface area (Å²) in [4.78, 5) is 39.9. The number of hydrogen-bond donors (Lipinski definition) is 6. The predicted molar refractivity (Wildman–Crippen MR) is 113 cm³/mol. The van der Waals surface area contributed by atoms with Gasteiger partial charge in [0.05, 0.1) is 12.1 Å². The zero-order valence-corrected chi connectivity index (χ0v) is 17.4. The summed E-state index contributed by atoms with van der Waals surface area (Å²) >= 11 is 0. The van der Waals surface area contributed by atoms with Gasteiger partial charge in [-0.3, -0.25) is 9.59 Å². The Balaban J connectivity index is 2.25. The molecule has 2 aromatic rings. The number of amides is 2. The molecule has 164 valence electrons. The fraction of sp³-hybridized carbons (Fsp3) is 0.476. The molecule has 4 atom stereocenters. The van der Waals surface area contributed by atoms with Gasteiger partial charge in [-0.15, -0.1) is 0 Å². The molecule has 1 aromatic heterocycles. The van der Waals surface area contributed by atoms with Gasteiger partial charge >= 0.3 is 5.97 Å². The normalized spacial score (nSPS) is 15.4. The van der Waals surface area contributed by atoms with Crippen LogP contribution in [0.2, 0.25) is 0 Å². The SMILES string of the molecule is CC(C)C[C@H](N)C(=O)N[C@@H](Cc1c[nH]c2ccccc12)C(=O)N[C@H](C(=O)O)[C@@H](C)O. The summed E-state index contributed by atoms with van der Waals surface area (Å²) in [7, 11) is 0. The molecule has 30 heavy (non-hydrogen) atoms. The van der Waals surface area contributed by atoms with Gasteiger partial charge in [-0.25, -0.2) is 4.79 Å². The molecule has 0 saturated heterocycles. The number of carboxylic acid groups (broad SMARTS) is 1. The standard InChI is InChI=1S/C21H30N4O5/c1-11(2)8-15(22)19(27)24-17(20(28)25-18(12(3)26)21(29)30)9-13-10-23-16-7-5-4-6-14(13)16/h4-7,10-12,15,17-18,23,26H,8-9,22H2,1-3H3,(H,24,27)(H,25,28)(H,29,30)/t12-,15+,17+,18+/m1/s1.